The molecule has 0 aliphatic rings. The Kier molecular flexibility index (Phi) is 2.47. The molecule has 0 spiro atoms. The Bertz CT molecular complexity index is 714. The van der Waals surface area contributed by atoms with E-state index in [0.717, 1.165) is 34.3 Å². The molecule has 0 amide bonds. The number of nitrogens with zero attached hydrogens (tertiary/aromatic N) is 5. The smallest absolute Gasteiger partial charge is 0.125 e. The molecule has 3 rings (SSSR count). The fraction of sp³-hybridized carbons (Fsp3) is 0.385. The molecule has 5 heteroatoms. The maximum atomic E-state index is 4.53. The molecule has 92 valence electrons. The van der Waals surface area contributed by atoms with Crippen molar-refractivity contribution in [1.82, 2.24) is 25.0 Å². The van der Waals surface area contributed by atoms with Gasteiger partial charge in [-0.25, -0.2) is 14.6 Å². The van der Waals surface area contributed by atoms with Gasteiger partial charge >= 0.3 is 0 Å². The molecular weight excluding hydrogens is 226 g/mol. The van der Waals surface area contributed by atoms with Gasteiger partial charge in [0, 0.05) is 18.1 Å². The number of benzene rings is 1. The summed E-state index contributed by atoms with van der Waals surface area (Å²) in [5.41, 5.74) is 2.83. The first-order chi connectivity index (χ1) is 8.65. The molecule has 0 aliphatic heterocycles. The molecule has 0 unspecified atom stereocenters. The van der Waals surface area contributed by atoms with Crippen LogP contribution in [0.5, 0.6) is 0 Å². The van der Waals surface area contributed by atoms with E-state index in [1.807, 2.05) is 29.9 Å². The van der Waals surface area contributed by atoms with Crippen LogP contribution in [0.1, 0.15) is 19.7 Å². The Balaban J connectivity index is 2.35. The highest BCUT2D eigenvalue weighted by atomic mass is 15.4. The van der Waals surface area contributed by atoms with Gasteiger partial charge in [0.15, 0.2) is 0 Å². The first kappa shape index (κ1) is 11.1. The average molecular weight is 241 g/mol. The SMILES string of the molecule is Cc1ncc2ccc3nnn(CC(C)C)c3c2n1. The largest absolute Gasteiger partial charge is 0.242 e. The third-order valence-electron chi connectivity index (χ3n) is 2.88. The quantitative estimate of drug-likeness (QED) is 0.691. The lowest BCUT2D eigenvalue weighted by molar-refractivity contribution is 0.483. The van der Waals surface area contributed by atoms with Gasteiger partial charge in [-0.3, -0.25) is 0 Å². The van der Waals surface area contributed by atoms with Gasteiger partial charge < -0.3 is 0 Å². The maximum Gasteiger partial charge on any atom is 0.125 e. The van der Waals surface area contributed by atoms with Crippen molar-refractivity contribution in [2.45, 2.75) is 27.3 Å². The Morgan fingerprint density at radius 1 is 1.28 bits per heavy atom. The second-order valence-electron chi connectivity index (χ2n) is 4.95. The highest BCUT2D eigenvalue weighted by Crippen LogP contribution is 2.22. The molecule has 0 saturated carbocycles. The standard InChI is InChI=1S/C13H15N5/c1-8(2)7-18-13-11(16-17-18)5-4-10-6-14-9(3)15-12(10)13/h4-6,8H,7H2,1-3H3. The number of aryl methyl sites for hydroxylation is 1. The van der Waals surface area contributed by atoms with Crippen molar-refractivity contribution in [3.05, 3.63) is 24.2 Å². The highest BCUT2D eigenvalue weighted by molar-refractivity contribution is 6.01. The zero-order chi connectivity index (χ0) is 12.7. The predicted molar refractivity (Wildman–Crippen MR) is 70.2 cm³/mol. The van der Waals surface area contributed by atoms with Gasteiger partial charge in [-0.15, -0.1) is 5.10 Å². The van der Waals surface area contributed by atoms with Crippen LogP contribution in [-0.2, 0) is 6.54 Å². The number of hydrogen-bond donors (Lipinski definition) is 0. The van der Waals surface area contributed by atoms with Gasteiger partial charge in [0.25, 0.3) is 0 Å². The van der Waals surface area contributed by atoms with Crippen LogP contribution in [0, 0.1) is 12.8 Å². The van der Waals surface area contributed by atoms with E-state index in [1.54, 1.807) is 0 Å². The van der Waals surface area contributed by atoms with Crippen LogP contribution in [0.2, 0.25) is 0 Å². The van der Waals surface area contributed by atoms with Crippen LogP contribution in [0.25, 0.3) is 21.9 Å². The van der Waals surface area contributed by atoms with Crippen molar-refractivity contribution in [2.75, 3.05) is 0 Å². The summed E-state index contributed by atoms with van der Waals surface area (Å²) in [4.78, 5) is 8.76. The highest BCUT2D eigenvalue weighted by Gasteiger charge is 2.11. The van der Waals surface area contributed by atoms with E-state index in [-0.39, 0.29) is 0 Å². The van der Waals surface area contributed by atoms with Gasteiger partial charge in [0.2, 0.25) is 0 Å². The molecule has 0 bridgehead atoms. The van der Waals surface area contributed by atoms with Crippen molar-refractivity contribution < 1.29 is 0 Å². The van der Waals surface area contributed by atoms with Gasteiger partial charge in [-0.1, -0.05) is 19.1 Å². The summed E-state index contributed by atoms with van der Waals surface area (Å²) in [5, 5.41) is 9.45. The first-order valence-corrected chi connectivity index (χ1v) is 6.10. The molecule has 0 radical (unpaired) electrons. The monoisotopic (exact) mass is 241 g/mol. The van der Waals surface area contributed by atoms with Crippen molar-refractivity contribution >= 4 is 21.9 Å². The summed E-state index contributed by atoms with van der Waals surface area (Å²) < 4.78 is 1.94. The van der Waals surface area contributed by atoms with Crippen LogP contribution >= 0.6 is 0 Å². The Hall–Kier alpha value is -2.04. The second kappa shape index (κ2) is 4.01. The molecular formula is C13H15N5. The molecule has 2 aromatic heterocycles. The molecule has 0 atom stereocenters. The van der Waals surface area contributed by atoms with E-state index in [2.05, 4.69) is 34.1 Å². The number of aromatic nitrogens is 5. The van der Waals surface area contributed by atoms with Crippen molar-refractivity contribution in [1.29, 1.82) is 0 Å². The molecule has 2 heterocycles. The molecule has 3 aromatic rings. The molecule has 0 aliphatic carbocycles. The first-order valence-electron chi connectivity index (χ1n) is 6.10. The predicted octanol–water partition coefficient (Wildman–Crippen LogP) is 2.34. The van der Waals surface area contributed by atoms with Gasteiger partial charge in [0.1, 0.15) is 22.4 Å². The van der Waals surface area contributed by atoms with Gasteiger partial charge in [-0.05, 0) is 25.0 Å². The van der Waals surface area contributed by atoms with Gasteiger partial charge in [-0.2, -0.15) is 0 Å². The van der Waals surface area contributed by atoms with Crippen LogP contribution < -0.4 is 0 Å². The number of fused-ring (bicyclic) bond motifs is 3. The fourth-order valence-electron chi connectivity index (χ4n) is 2.12. The van der Waals surface area contributed by atoms with E-state index >= 15 is 0 Å². The Labute approximate surface area is 105 Å². The fourth-order valence-corrected chi connectivity index (χ4v) is 2.12. The number of rotatable bonds is 2. The lowest BCUT2D eigenvalue weighted by Gasteiger charge is -2.06. The lowest BCUT2D eigenvalue weighted by atomic mass is 10.2. The topological polar surface area (TPSA) is 56.5 Å². The minimum absolute atomic E-state index is 0.521. The van der Waals surface area contributed by atoms with E-state index < -0.39 is 0 Å². The third kappa shape index (κ3) is 1.72. The summed E-state index contributed by atoms with van der Waals surface area (Å²) in [5.74, 6) is 1.29. The third-order valence-corrected chi connectivity index (χ3v) is 2.88. The van der Waals surface area contributed by atoms with E-state index in [4.69, 9.17) is 0 Å². The second-order valence-corrected chi connectivity index (χ2v) is 4.95. The molecule has 0 saturated heterocycles. The molecule has 0 fully saturated rings. The molecule has 0 N–H and O–H groups in total. The summed E-state index contributed by atoms with van der Waals surface area (Å²) in [6.45, 7) is 7.07. The van der Waals surface area contributed by atoms with Crippen LogP contribution in [0.4, 0.5) is 0 Å². The van der Waals surface area contributed by atoms with E-state index in [1.165, 1.54) is 0 Å². The zero-order valence-electron chi connectivity index (χ0n) is 10.8. The minimum atomic E-state index is 0.521. The van der Waals surface area contributed by atoms with Crippen LogP contribution in [0.15, 0.2) is 18.3 Å². The minimum Gasteiger partial charge on any atom is -0.242 e. The average Bonchev–Trinajstić information content (AvgIpc) is 2.72. The summed E-state index contributed by atoms with van der Waals surface area (Å²) in [6.07, 6.45) is 1.85. The molecule has 1 aromatic carbocycles. The Morgan fingerprint density at radius 2 is 2.11 bits per heavy atom. The summed E-state index contributed by atoms with van der Waals surface area (Å²) >= 11 is 0. The van der Waals surface area contributed by atoms with Crippen molar-refractivity contribution in [3.63, 3.8) is 0 Å². The molecule has 5 nitrogen and oxygen atoms in total. The van der Waals surface area contributed by atoms with Crippen molar-refractivity contribution in [3.8, 4) is 0 Å². The lowest BCUT2D eigenvalue weighted by Crippen LogP contribution is -2.06. The van der Waals surface area contributed by atoms with E-state index in [0.29, 0.717) is 5.92 Å². The van der Waals surface area contributed by atoms with Gasteiger partial charge in [0.05, 0.1) is 0 Å². The normalized spacial score (nSPS) is 11.8. The van der Waals surface area contributed by atoms with Crippen molar-refractivity contribution in [2.24, 2.45) is 5.92 Å². The van der Waals surface area contributed by atoms with E-state index in [9.17, 15) is 0 Å². The number of hydrogen-bond acceptors (Lipinski definition) is 4. The summed E-state index contributed by atoms with van der Waals surface area (Å²) in [7, 11) is 0. The Morgan fingerprint density at radius 3 is 2.89 bits per heavy atom. The van der Waals surface area contributed by atoms with Crippen LogP contribution in [0.3, 0.4) is 0 Å². The maximum absolute atomic E-state index is 4.53. The zero-order valence-corrected chi connectivity index (χ0v) is 10.8. The van der Waals surface area contributed by atoms with Crippen LogP contribution in [-0.4, -0.2) is 25.0 Å². The molecule has 18 heavy (non-hydrogen) atoms. The summed E-state index contributed by atoms with van der Waals surface area (Å²) in [6, 6.07) is 3.96.